The highest BCUT2D eigenvalue weighted by atomic mass is 32.1. The summed E-state index contributed by atoms with van der Waals surface area (Å²) in [5.74, 6) is 0.0410. The zero-order chi connectivity index (χ0) is 17.8. The standard InChI is InChI=1S/C19H23N3O2S/c1-13(15-5-3-2-4-6-15)22(11-14-7-8-14)12-17(23)21-19-16(18(20)24)9-10-25-19/h2-6,9-10,13-14H,7-8,11-12H2,1H3,(H2,20,24)(H,21,23). The van der Waals surface area contributed by atoms with Gasteiger partial charge in [-0.25, -0.2) is 0 Å². The van der Waals surface area contributed by atoms with Gasteiger partial charge in [0.1, 0.15) is 5.00 Å². The Balaban J connectivity index is 1.68. The van der Waals surface area contributed by atoms with Gasteiger partial charge >= 0.3 is 0 Å². The molecule has 3 rings (SSSR count). The first-order valence-corrected chi connectivity index (χ1v) is 9.38. The largest absolute Gasteiger partial charge is 0.366 e. The van der Waals surface area contributed by atoms with Gasteiger partial charge in [-0.15, -0.1) is 11.3 Å². The van der Waals surface area contributed by atoms with Crippen molar-refractivity contribution in [2.24, 2.45) is 11.7 Å². The lowest BCUT2D eigenvalue weighted by molar-refractivity contribution is -0.117. The molecule has 0 aliphatic heterocycles. The second-order valence-electron chi connectivity index (χ2n) is 6.54. The Bertz CT molecular complexity index is 740. The summed E-state index contributed by atoms with van der Waals surface area (Å²) in [6.45, 7) is 3.34. The Morgan fingerprint density at radius 2 is 2.00 bits per heavy atom. The van der Waals surface area contributed by atoms with Crippen LogP contribution in [0.2, 0.25) is 0 Å². The predicted octanol–water partition coefficient (Wildman–Crippen LogP) is 3.26. The van der Waals surface area contributed by atoms with Crippen LogP contribution in [0.4, 0.5) is 5.00 Å². The van der Waals surface area contributed by atoms with Gasteiger partial charge < -0.3 is 11.1 Å². The van der Waals surface area contributed by atoms with Crippen LogP contribution >= 0.6 is 11.3 Å². The summed E-state index contributed by atoms with van der Waals surface area (Å²) in [5.41, 5.74) is 6.90. The highest BCUT2D eigenvalue weighted by molar-refractivity contribution is 7.14. The monoisotopic (exact) mass is 357 g/mol. The third-order valence-electron chi connectivity index (χ3n) is 4.55. The van der Waals surface area contributed by atoms with Crippen LogP contribution in [0.5, 0.6) is 0 Å². The molecule has 1 heterocycles. The van der Waals surface area contributed by atoms with E-state index >= 15 is 0 Å². The van der Waals surface area contributed by atoms with Crippen LogP contribution in [0.25, 0.3) is 0 Å². The molecule has 0 radical (unpaired) electrons. The number of nitrogens with zero attached hydrogens (tertiary/aromatic N) is 1. The molecule has 2 aromatic rings. The van der Waals surface area contributed by atoms with E-state index in [2.05, 4.69) is 29.3 Å². The normalized spacial score (nSPS) is 15.1. The van der Waals surface area contributed by atoms with Crippen LogP contribution in [0, 0.1) is 5.92 Å². The first kappa shape index (κ1) is 17.6. The van der Waals surface area contributed by atoms with Crippen molar-refractivity contribution >= 4 is 28.2 Å². The minimum atomic E-state index is -0.524. The summed E-state index contributed by atoms with van der Waals surface area (Å²) in [7, 11) is 0. The summed E-state index contributed by atoms with van der Waals surface area (Å²) in [6, 6.07) is 12.0. The van der Waals surface area contributed by atoms with Crippen molar-refractivity contribution in [3.8, 4) is 0 Å². The number of hydrogen-bond acceptors (Lipinski definition) is 4. The molecule has 6 heteroatoms. The van der Waals surface area contributed by atoms with Crippen molar-refractivity contribution in [2.45, 2.75) is 25.8 Å². The van der Waals surface area contributed by atoms with Gasteiger partial charge in [0.2, 0.25) is 5.91 Å². The first-order valence-electron chi connectivity index (χ1n) is 8.50. The molecule has 1 aromatic heterocycles. The van der Waals surface area contributed by atoms with E-state index in [-0.39, 0.29) is 11.9 Å². The Labute approximate surface area is 151 Å². The van der Waals surface area contributed by atoms with Crippen molar-refractivity contribution in [2.75, 3.05) is 18.4 Å². The summed E-state index contributed by atoms with van der Waals surface area (Å²) in [4.78, 5) is 26.1. The molecule has 1 aliphatic carbocycles. The zero-order valence-corrected chi connectivity index (χ0v) is 15.1. The molecule has 0 bridgehead atoms. The molecule has 1 aromatic carbocycles. The van der Waals surface area contributed by atoms with Crippen molar-refractivity contribution in [3.63, 3.8) is 0 Å². The fourth-order valence-electron chi connectivity index (χ4n) is 2.88. The van der Waals surface area contributed by atoms with Gasteiger partial charge in [0.25, 0.3) is 5.91 Å². The van der Waals surface area contributed by atoms with Crippen LogP contribution in [0.15, 0.2) is 41.8 Å². The number of primary amides is 1. The minimum Gasteiger partial charge on any atom is -0.366 e. The molecule has 1 fully saturated rings. The smallest absolute Gasteiger partial charge is 0.251 e. The number of benzene rings is 1. The molecule has 0 saturated heterocycles. The number of carbonyl (C=O) groups excluding carboxylic acids is 2. The molecule has 1 aliphatic rings. The van der Waals surface area contributed by atoms with Gasteiger partial charge in [0.15, 0.2) is 0 Å². The van der Waals surface area contributed by atoms with Crippen molar-refractivity contribution in [3.05, 3.63) is 52.9 Å². The second-order valence-corrected chi connectivity index (χ2v) is 7.45. The number of amides is 2. The number of carbonyl (C=O) groups is 2. The Kier molecular flexibility index (Phi) is 5.50. The third-order valence-corrected chi connectivity index (χ3v) is 5.38. The highest BCUT2D eigenvalue weighted by Crippen LogP contribution is 2.32. The molecule has 0 spiro atoms. The van der Waals surface area contributed by atoms with Crippen LogP contribution in [-0.2, 0) is 4.79 Å². The van der Waals surface area contributed by atoms with Gasteiger partial charge in [0, 0.05) is 12.6 Å². The maximum Gasteiger partial charge on any atom is 0.251 e. The van der Waals surface area contributed by atoms with E-state index in [1.807, 2.05) is 18.2 Å². The molecule has 132 valence electrons. The van der Waals surface area contributed by atoms with Gasteiger partial charge in [-0.05, 0) is 42.7 Å². The van der Waals surface area contributed by atoms with E-state index in [4.69, 9.17) is 5.73 Å². The topological polar surface area (TPSA) is 75.4 Å². The van der Waals surface area contributed by atoms with Gasteiger partial charge in [-0.1, -0.05) is 30.3 Å². The third kappa shape index (κ3) is 4.67. The van der Waals surface area contributed by atoms with Crippen LogP contribution in [0.1, 0.15) is 41.7 Å². The molecular formula is C19H23N3O2S. The fourth-order valence-corrected chi connectivity index (χ4v) is 3.69. The number of hydrogen-bond donors (Lipinski definition) is 2. The van der Waals surface area contributed by atoms with E-state index in [1.165, 1.54) is 29.7 Å². The van der Waals surface area contributed by atoms with Crippen molar-refractivity contribution in [1.82, 2.24) is 4.90 Å². The maximum atomic E-state index is 12.5. The predicted molar refractivity (Wildman–Crippen MR) is 101 cm³/mol. The number of nitrogens with two attached hydrogens (primary N) is 1. The Morgan fingerprint density at radius 1 is 1.28 bits per heavy atom. The highest BCUT2D eigenvalue weighted by Gasteiger charge is 2.28. The molecule has 25 heavy (non-hydrogen) atoms. The number of anilines is 1. The Hall–Kier alpha value is -2.18. The van der Waals surface area contributed by atoms with E-state index in [0.717, 1.165) is 6.54 Å². The van der Waals surface area contributed by atoms with E-state index in [9.17, 15) is 9.59 Å². The SMILES string of the molecule is CC(c1ccccc1)N(CC(=O)Nc1sccc1C(N)=O)CC1CC1. The minimum absolute atomic E-state index is 0.117. The number of thiophene rings is 1. The molecule has 1 atom stereocenters. The maximum absolute atomic E-state index is 12.5. The quantitative estimate of drug-likeness (QED) is 0.761. The van der Waals surface area contributed by atoms with Gasteiger partial charge in [-0.3, -0.25) is 14.5 Å². The molecule has 2 amide bonds. The van der Waals surface area contributed by atoms with Gasteiger partial charge in [-0.2, -0.15) is 0 Å². The Morgan fingerprint density at radius 3 is 2.64 bits per heavy atom. The molecule has 1 saturated carbocycles. The van der Waals surface area contributed by atoms with Crippen molar-refractivity contribution in [1.29, 1.82) is 0 Å². The molecule has 3 N–H and O–H groups in total. The van der Waals surface area contributed by atoms with Crippen LogP contribution in [0.3, 0.4) is 0 Å². The summed E-state index contributed by atoms with van der Waals surface area (Å²) >= 11 is 1.31. The number of rotatable bonds is 8. The average Bonchev–Trinajstić information content (AvgIpc) is 3.29. The lowest BCUT2D eigenvalue weighted by Gasteiger charge is -2.29. The summed E-state index contributed by atoms with van der Waals surface area (Å²) in [6.07, 6.45) is 2.47. The lowest BCUT2D eigenvalue weighted by atomic mass is 10.1. The van der Waals surface area contributed by atoms with Crippen molar-refractivity contribution < 1.29 is 9.59 Å². The van der Waals surface area contributed by atoms with E-state index in [0.29, 0.717) is 23.0 Å². The van der Waals surface area contributed by atoms with Crippen LogP contribution in [-0.4, -0.2) is 29.8 Å². The summed E-state index contributed by atoms with van der Waals surface area (Å²) in [5, 5.41) is 5.12. The van der Waals surface area contributed by atoms with E-state index < -0.39 is 5.91 Å². The average molecular weight is 357 g/mol. The number of nitrogens with one attached hydrogen (secondary N) is 1. The molecular weight excluding hydrogens is 334 g/mol. The zero-order valence-electron chi connectivity index (χ0n) is 14.3. The van der Waals surface area contributed by atoms with Gasteiger partial charge in [0.05, 0.1) is 12.1 Å². The molecule has 1 unspecified atom stereocenters. The fraction of sp³-hybridized carbons (Fsp3) is 0.368. The first-order chi connectivity index (χ1) is 12.0. The second kappa shape index (κ2) is 7.80. The summed E-state index contributed by atoms with van der Waals surface area (Å²) < 4.78 is 0. The molecule has 5 nitrogen and oxygen atoms in total. The van der Waals surface area contributed by atoms with E-state index in [1.54, 1.807) is 11.4 Å². The lowest BCUT2D eigenvalue weighted by Crippen LogP contribution is -2.36. The van der Waals surface area contributed by atoms with Crippen LogP contribution < -0.4 is 11.1 Å².